The Hall–Kier alpha value is -1.10. The molecule has 5 heteroatoms. The van der Waals surface area contributed by atoms with Crippen molar-refractivity contribution < 1.29 is 14.7 Å². The van der Waals surface area contributed by atoms with Crippen molar-refractivity contribution in [3.05, 3.63) is 0 Å². The van der Waals surface area contributed by atoms with Crippen molar-refractivity contribution in [1.82, 2.24) is 10.6 Å². The minimum absolute atomic E-state index is 0.0446. The molecule has 116 valence electrons. The molecule has 1 saturated heterocycles. The van der Waals surface area contributed by atoms with E-state index in [2.05, 4.69) is 17.6 Å². The Kier molecular flexibility index (Phi) is 6.99. The first-order valence-electron chi connectivity index (χ1n) is 7.77. The highest BCUT2D eigenvalue weighted by Crippen LogP contribution is 2.34. The molecule has 1 amide bonds. The average molecular weight is 284 g/mol. The lowest BCUT2D eigenvalue weighted by atomic mass is 9.74. The van der Waals surface area contributed by atoms with Crippen LogP contribution in [-0.4, -0.2) is 36.6 Å². The third kappa shape index (κ3) is 4.47. The summed E-state index contributed by atoms with van der Waals surface area (Å²) in [7, 11) is 0. The van der Waals surface area contributed by atoms with E-state index in [1.165, 1.54) is 0 Å². The molecular weight excluding hydrogens is 256 g/mol. The lowest BCUT2D eigenvalue weighted by Crippen LogP contribution is -2.49. The molecule has 0 spiro atoms. The van der Waals surface area contributed by atoms with Gasteiger partial charge in [0, 0.05) is 6.54 Å². The van der Waals surface area contributed by atoms with Gasteiger partial charge in [0.05, 0.1) is 11.3 Å². The van der Waals surface area contributed by atoms with Gasteiger partial charge in [-0.05, 0) is 38.8 Å². The van der Waals surface area contributed by atoms with Crippen LogP contribution in [0.1, 0.15) is 52.4 Å². The van der Waals surface area contributed by atoms with E-state index in [4.69, 9.17) is 5.11 Å². The Bertz CT molecular complexity index is 320. The number of aliphatic carboxylic acids is 1. The first kappa shape index (κ1) is 17.0. The summed E-state index contributed by atoms with van der Waals surface area (Å²) >= 11 is 0. The second-order valence-electron chi connectivity index (χ2n) is 5.81. The smallest absolute Gasteiger partial charge is 0.308 e. The van der Waals surface area contributed by atoms with Gasteiger partial charge >= 0.3 is 5.97 Å². The Morgan fingerprint density at radius 2 is 1.90 bits per heavy atom. The fourth-order valence-electron chi connectivity index (χ4n) is 3.04. The van der Waals surface area contributed by atoms with Gasteiger partial charge < -0.3 is 15.7 Å². The Morgan fingerprint density at radius 3 is 2.40 bits per heavy atom. The SMILES string of the molecule is CCCC(CNC(=O)C1(CCC)CCNCC1)C(=O)O. The summed E-state index contributed by atoms with van der Waals surface area (Å²) < 4.78 is 0. The van der Waals surface area contributed by atoms with E-state index >= 15 is 0 Å². The molecule has 1 fully saturated rings. The molecule has 0 aromatic carbocycles. The summed E-state index contributed by atoms with van der Waals surface area (Å²) in [6, 6.07) is 0. The van der Waals surface area contributed by atoms with Crippen LogP contribution in [0.3, 0.4) is 0 Å². The van der Waals surface area contributed by atoms with Gasteiger partial charge in [0.2, 0.25) is 5.91 Å². The number of piperidine rings is 1. The minimum atomic E-state index is -0.818. The van der Waals surface area contributed by atoms with E-state index in [9.17, 15) is 9.59 Å². The molecule has 3 N–H and O–H groups in total. The third-order valence-corrected chi connectivity index (χ3v) is 4.27. The van der Waals surface area contributed by atoms with Crippen LogP contribution >= 0.6 is 0 Å². The number of carbonyl (C=O) groups excluding carboxylic acids is 1. The Balaban J connectivity index is 2.59. The quantitative estimate of drug-likeness (QED) is 0.635. The van der Waals surface area contributed by atoms with Crippen LogP contribution < -0.4 is 10.6 Å². The first-order valence-corrected chi connectivity index (χ1v) is 7.77. The van der Waals surface area contributed by atoms with Gasteiger partial charge in [-0.1, -0.05) is 26.7 Å². The topological polar surface area (TPSA) is 78.4 Å². The summed E-state index contributed by atoms with van der Waals surface area (Å²) in [5.41, 5.74) is -0.296. The molecule has 20 heavy (non-hydrogen) atoms. The van der Waals surface area contributed by atoms with Crippen molar-refractivity contribution in [2.75, 3.05) is 19.6 Å². The standard InChI is InChI=1S/C15H28N2O3/c1-3-5-12(13(18)19)11-17-14(20)15(6-4-2)7-9-16-10-8-15/h12,16H,3-11H2,1-2H3,(H,17,20)(H,18,19). The van der Waals surface area contributed by atoms with E-state index < -0.39 is 11.9 Å². The van der Waals surface area contributed by atoms with E-state index in [1.54, 1.807) is 0 Å². The predicted molar refractivity (Wildman–Crippen MR) is 78.5 cm³/mol. The summed E-state index contributed by atoms with van der Waals surface area (Å²) in [6.07, 6.45) is 4.97. The second kappa shape index (κ2) is 8.25. The summed E-state index contributed by atoms with van der Waals surface area (Å²) in [5.74, 6) is -1.24. The van der Waals surface area contributed by atoms with E-state index in [0.717, 1.165) is 45.2 Å². The minimum Gasteiger partial charge on any atom is -0.481 e. The van der Waals surface area contributed by atoms with Crippen LogP contribution in [0.25, 0.3) is 0 Å². The van der Waals surface area contributed by atoms with E-state index in [-0.39, 0.29) is 17.9 Å². The molecule has 0 aromatic rings. The van der Waals surface area contributed by atoms with Gasteiger partial charge in [-0.15, -0.1) is 0 Å². The molecule has 1 rings (SSSR count). The number of carbonyl (C=O) groups is 2. The molecule has 5 nitrogen and oxygen atoms in total. The third-order valence-electron chi connectivity index (χ3n) is 4.27. The van der Waals surface area contributed by atoms with Gasteiger partial charge in [-0.25, -0.2) is 0 Å². The highest BCUT2D eigenvalue weighted by atomic mass is 16.4. The molecule has 1 aliphatic rings. The summed E-state index contributed by atoms with van der Waals surface area (Å²) in [5, 5.41) is 15.3. The monoisotopic (exact) mass is 284 g/mol. The lowest BCUT2D eigenvalue weighted by molar-refractivity contribution is -0.142. The van der Waals surface area contributed by atoms with E-state index in [0.29, 0.717) is 6.42 Å². The number of hydrogen-bond donors (Lipinski definition) is 3. The molecule has 0 saturated carbocycles. The number of hydrogen-bond acceptors (Lipinski definition) is 3. The van der Waals surface area contributed by atoms with Crippen molar-refractivity contribution in [2.24, 2.45) is 11.3 Å². The molecule has 0 bridgehead atoms. The predicted octanol–water partition coefficient (Wildman–Crippen LogP) is 1.77. The van der Waals surface area contributed by atoms with Crippen molar-refractivity contribution in [1.29, 1.82) is 0 Å². The zero-order chi connectivity index (χ0) is 15.0. The van der Waals surface area contributed by atoms with Crippen molar-refractivity contribution >= 4 is 11.9 Å². The summed E-state index contributed by atoms with van der Waals surface area (Å²) in [4.78, 5) is 23.6. The largest absolute Gasteiger partial charge is 0.481 e. The highest BCUT2D eigenvalue weighted by Gasteiger charge is 2.38. The number of nitrogens with one attached hydrogen (secondary N) is 2. The second-order valence-corrected chi connectivity index (χ2v) is 5.81. The highest BCUT2D eigenvalue weighted by molar-refractivity contribution is 5.83. The van der Waals surface area contributed by atoms with Crippen LogP contribution in [0, 0.1) is 11.3 Å². The lowest BCUT2D eigenvalue weighted by Gasteiger charge is -2.36. The Morgan fingerprint density at radius 1 is 1.25 bits per heavy atom. The van der Waals surface area contributed by atoms with Crippen LogP contribution in [0.15, 0.2) is 0 Å². The molecule has 1 unspecified atom stereocenters. The van der Waals surface area contributed by atoms with Gasteiger partial charge in [-0.2, -0.15) is 0 Å². The van der Waals surface area contributed by atoms with E-state index in [1.807, 2.05) is 6.92 Å². The number of rotatable bonds is 8. The van der Waals surface area contributed by atoms with Gasteiger partial charge in [0.25, 0.3) is 0 Å². The van der Waals surface area contributed by atoms with Crippen LogP contribution in [-0.2, 0) is 9.59 Å². The Labute approximate surface area is 121 Å². The number of carboxylic acids is 1. The fourth-order valence-corrected chi connectivity index (χ4v) is 3.04. The molecular formula is C15H28N2O3. The molecule has 0 aliphatic carbocycles. The van der Waals surface area contributed by atoms with Crippen LogP contribution in [0.5, 0.6) is 0 Å². The zero-order valence-electron chi connectivity index (χ0n) is 12.7. The zero-order valence-corrected chi connectivity index (χ0v) is 12.7. The van der Waals surface area contributed by atoms with Gasteiger partial charge in [0.15, 0.2) is 0 Å². The van der Waals surface area contributed by atoms with Crippen LogP contribution in [0.4, 0.5) is 0 Å². The first-order chi connectivity index (χ1) is 9.55. The number of amides is 1. The maximum Gasteiger partial charge on any atom is 0.308 e. The molecule has 1 aliphatic heterocycles. The summed E-state index contributed by atoms with van der Waals surface area (Å²) in [6.45, 7) is 6.04. The maximum absolute atomic E-state index is 12.5. The maximum atomic E-state index is 12.5. The molecule has 0 radical (unpaired) electrons. The molecule has 1 atom stereocenters. The van der Waals surface area contributed by atoms with Gasteiger partial charge in [-0.3, -0.25) is 9.59 Å². The number of carboxylic acid groups (broad SMARTS) is 1. The van der Waals surface area contributed by atoms with Gasteiger partial charge in [0.1, 0.15) is 0 Å². The fraction of sp³-hybridized carbons (Fsp3) is 0.867. The normalized spacial score (nSPS) is 19.3. The molecule has 1 heterocycles. The van der Waals surface area contributed by atoms with Crippen molar-refractivity contribution in [2.45, 2.75) is 52.4 Å². The van der Waals surface area contributed by atoms with Crippen LogP contribution in [0.2, 0.25) is 0 Å². The van der Waals surface area contributed by atoms with Crippen molar-refractivity contribution in [3.63, 3.8) is 0 Å². The van der Waals surface area contributed by atoms with Crippen molar-refractivity contribution in [3.8, 4) is 0 Å². The average Bonchev–Trinajstić information content (AvgIpc) is 2.44. The molecule has 0 aromatic heterocycles.